The van der Waals surface area contributed by atoms with Crippen molar-refractivity contribution in [2.24, 2.45) is 5.92 Å². The van der Waals surface area contributed by atoms with Gasteiger partial charge in [0.05, 0.1) is 10.2 Å². The van der Waals surface area contributed by atoms with Crippen LogP contribution < -0.4 is 5.32 Å². The number of carbonyl (C=O) groups excluding carboxylic acids is 1. The Bertz CT molecular complexity index is 552. The lowest BCUT2D eigenvalue weighted by Crippen LogP contribution is -2.42. The zero-order chi connectivity index (χ0) is 17.0. The quantitative estimate of drug-likeness (QED) is 0.821. The molecule has 1 aromatic rings. The number of nitrogens with zero attached hydrogens (tertiary/aromatic N) is 1. The minimum absolute atomic E-state index is 0.239. The minimum Gasteiger partial charge on any atom is -0.444 e. The number of piperidine rings is 1. The highest BCUT2D eigenvalue weighted by atomic mass is 79.9. The van der Waals surface area contributed by atoms with Crippen molar-refractivity contribution in [3.63, 3.8) is 0 Å². The van der Waals surface area contributed by atoms with E-state index in [4.69, 9.17) is 4.74 Å². The highest BCUT2D eigenvalue weighted by Gasteiger charge is 2.26. The summed E-state index contributed by atoms with van der Waals surface area (Å²) in [7, 11) is 0. The van der Waals surface area contributed by atoms with Crippen LogP contribution in [0, 0.1) is 11.7 Å². The van der Waals surface area contributed by atoms with Gasteiger partial charge in [-0.15, -0.1) is 0 Å². The lowest BCUT2D eigenvalue weighted by Gasteiger charge is -2.33. The molecule has 2 rings (SSSR count). The molecule has 0 aromatic heterocycles. The van der Waals surface area contributed by atoms with E-state index < -0.39 is 5.60 Å². The topological polar surface area (TPSA) is 41.6 Å². The predicted octanol–water partition coefficient (Wildman–Crippen LogP) is 4.65. The van der Waals surface area contributed by atoms with Crippen LogP contribution in [0.25, 0.3) is 0 Å². The first-order valence-electron chi connectivity index (χ1n) is 7.92. The first kappa shape index (κ1) is 18.0. The molecule has 1 amide bonds. The predicted molar refractivity (Wildman–Crippen MR) is 93.1 cm³/mol. The normalized spacial score (nSPS) is 16.3. The monoisotopic (exact) mass is 386 g/mol. The molecule has 128 valence electrons. The van der Waals surface area contributed by atoms with Crippen LogP contribution >= 0.6 is 15.9 Å². The highest BCUT2D eigenvalue weighted by Crippen LogP contribution is 2.26. The van der Waals surface area contributed by atoms with E-state index in [-0.39, 0.29) is 11.9 Å². The van der Waals surface area contributed by atoms with Gasteiger partial charge in [0.15, 0.2) is 0 Å². The Labute approximate surface area is 145 Å². The van der Waals surface area contributed by atoms with Gasteiger partial charge in [0.25, 0.3) is 0 Å². The average molecular weight is 387 g/mol. The number of nitrogens with one attached hydrogen (secondary N) is 1. The molecule has 1 aliphatic rings. The number of hydrogen-bond acceptors (Lipinski definition) is 3. The molecule has 0 atom stereocenters. The molecule has 1 aromatic carbocycles. The van der Waals surface area contributed by atoms with Crippen molar-refractivity contribution in [3.8, 4) is 0 Å². The summed E-state index contributed by atoms with van der Waals surface area (Å²) in [5.74, 6) is 0.193. The molecule has 1 N–H and O–H groups in total. The zero-order valence-corrected chi connectivity index (χ0v) is 15.5. The largest absolute Gasteiger partial charge is 0.444 e. The molecule has 0 bridgehead atoms. The fourth-order valence-corrected chi connectivity index (χ4v) is 2.95. The molecule has 0 aliphatic carbocycles. The molecule has 0 unspecified atom stereocenters. The maximum absolute atomic E-state index is 13.5. The third-order valence-corrected chi connectivity index (χ3v) is 4.60. The second kappa shape index (κ2) is 7.51. The summed E-state index contributed by atoms with van der Waals surface area (Å²) < 4.78 is 19.3. The lowest BCUT2D eigenvalue weighted by atomic mass is 9.97. The van der Waals surface area contributed by atoms with E-state index in [1.165, 1.54) is 6.07 Å². The summed E-state index contributed by atoms with van der Waals surface area (Å²) in [4.78, 5) is 13.8. The van der Waals surface area contributed by atoms with E-state index in [1.54, 1.807) is 11.0 Å². The molecule has 0 radical (unpaired) electrons. The van der Waals surface area contributed by atoms with Gasteiger partial charge in [-0.1, -0.05) is 6.07 Å². The third kappa shape index (κ3) is 5.37. The molecule has 1 fully saturated rings. The molecule has 0 saturated carbocycles. The standard InChI is InChI=1S/C17H24BrFN2O2/c1-17(2,3)23-16(22)21-9-7-12(8-10-21)11-20-14-6-4-5-13(19)15(14)18/h4-6,12,20H,7-11H2,1-3H3. The molecule has 1 heterocycles. The number of rotatable bonds is 3. The molecule has 1 aliphatic heterocycles. The Hall–Kier alpha value is -1.30. The Kier molecular flexibility index (Phi) is 5.89. The summed E-state index contributed by atoms with van der Waals surface area (Å²) in [6.45, 7) is 7.79. The van der Waals surface area contributed by atoms with Gasteiger partial charge >= 0.3 is 6.09 Å². The molecular formula is C17H24BrFN2O2. The Morgan fingerprint density at radius 2 is 2.04 bits per heavy atom. The second-order valence-electron chi connectivity index (χ2n) is 6.89. The van der Waals surface area contributed by atoms with Gasteiger partial charge < -0.3 is 15.0 Å². The highest BCUT2D eigenvalue weighted by molar-refractivity contribution is 9.10. The molecule has 23 heavy (non-hydrogen) atoms. The van der Waals surface area contributed by atoms with E-state index in [9.17, 15) is 9.18 Å². The number of likely N-dealkylation sites (tertiary alicyclic amines) is 1. The summed E-state index contributed by atoms with van der Waals surface area (Å²) in [6.07, 6.45) is 1.59. The number of anilines is 1. The Morgan fingerprint density at radius 1 is 1.39 bits per heavy atom. The van der Waals surface area contributed by atoms with Gasteiger partial charge in [-0.05, 0) is 67.6 Å². The minimum atomic E-state index is -0.459. The average Bonchev–Trinajstić information content (AvgIpc) is 2.47. The number of halogens is 2. The van der Waals surface area contributed by atoms with Crippen LogP contribution in [0.1, 0.15) is 33.6 Å². The van der Waals surface area contributed by atoms with Gasteiger partial charge in [0, 0.05) is 19.6 Å². The van der Waals surface area contributed by atoms with Gasteiger partial charge in [-0.3, -0.25) is 0 Å². The summed E-state index contributed by atoms with van der Waals surface area (Å²) in [5, 5.41) is 3.28. The van der Waals surface area contributed by atoms with E-state index in [0.717, 1.165) is 25.1 Å². The fraction of sp³-hybridized carbons (Fsp3) is 0.588. The smallest absolute Gasteiger partial charge is 0.410 e. The Balaban J connectivity index is 1.79. The SMILES string of the molecule is CC(C)(C)OC(=O)N1CCC(CNc2cccc(F)c2Br)CC1. The molecule has 1 saturated heterocycles. The lowest BCUT2D eigenvalue weighted by molar-refractivity contribution is 0.0188. The second-order valence-corrected chi connectivity index (χ2v) is 7.69. The Morgan fingerprint density at radius 3 is 2.65 bits per heavy atom. The van der Waals surface area contributed by atoms with Crippen LogP contribution in [0.5, 0.6) is 0 Å². The van der Waals surface area contributed by atoms with Crippen LogP contribution in [-0.2, 0) is 4.74 Å². The number of benzene rings is 1. The van der Waals surface area contributed by atoms with Crippen LogP contribution in [0.3, 0.4) is 0 Å². The van der Waals surface area contributed by atoms with E-state index in [1.807, 2.05) is 26.8 Å². The number of ether oxygens (including phenoxy) is 1. The maximum Gasteiger partial charge on any atom is 0.410 e. The van der Waals surface area contributed by atoms with Crippen molar-refractivity contribution in [1.82, 2.24) is 4.90 Å². The summed E-state index contributed by atoms with van der Waals surface area (Å²) in [5.41, 5.74) is 0.304. The summed E-state index contributed by atoms with van der Waals surface area (Å²) >= 11 is 3.25. The van der Waals surface area contributed by atoms with Crippen molar-refractivity contribution in [2.75, 3.05) is 25.0 Å². The van der Waals surface area contributed by atoms with Gasteiger partial charge in [-0.25, -0.2) is 9.18 Å². The van der Waals surface area contributed by atoms with Crippen molar-refractivity contribution in [2.45, 2.75) is 39.2 Å². The summed E-state index contributed by atoms with van der Waals surface area (Å²) in [6, 6.07) is 4.96. The van der Waals surface area contributed by atoms with Crippen molar-refractivity contribution in [1.29, 1.82) is 0 Å². The van der Waals surface area contributed by atoms with Gasteiger partial charge in [0.1, 0.15) is 11.4 Å². The fourth-order valence-electron chi connectivity index (χ4n) is 2.54. The van der Waals surface area contributed by atoms with Crippen LogP contribution in [0.15, 0.2) is 22.7 Å². The number of carbonyl (C=O) groups is 1. The van der Waals surface area contributed by atoms with E-state index in [2.05, 4.69) is 21.2 Å². The first-order chi connectivity index (χ1) is 10.8. The van der Waals surface area contributed by atoms with Crippen LogP contribution in [0.2, 0.25) is 0 Å². The molecule has 6 heteroatoms. The van der Waals surface area contributed by atoms with E-state index >= 15 is 0 Å². The van der Waals surface area contributed by atoms with Gasteiger partial charge in [-0.2, -0.15) is 0 Å². The number of hydrogen-bond donors (Lipinski definition) is 1. The van der Waals surface area contributed by atoms with Crippen molar-refractivity contribution in [3.05, 3.63) is 28.5 Å². The first-order valence-corrected chi connectivity index (χ1v) is 8.71. The van der Waals surface area contributed by atoms with Crippen molar-refractivity contribution >= 4 is 27.7 Å². The van der Waals surface area contributed by atoms with Gasteiger partial charge in [0.2, 0.25) is 0 Å². The molecular weight excluding hydrogens is 363 g/mol. The number of amides is 1. The van der Waals surface area contributed by atoms with Crippen LogP contribution in [-0.4, -0.2) is 36.2 Å². The van der Waals surface area contributed by atoms with Crippen LogP contribution in [0.4, 0.5) is 14.9 Å². The maximum atomic E-state index is 13.5. The van der Waals surface area contributed by atoms with Crippen molar-refractivity contribution < 1.29 is 13.9 Å². The van der Waals surface area contributed by atoms with E-state index in [0.29, 0.717) is 23.5 Å². The molecule has 4 nitrogen and oxygen atoms in total. The molecule has 0 spiro atoms. The third-order valence-electron chi connectivity index (χ3n) is 3.80. The zero-order valence-electron chi connectivity index (χ0n) is 13.9.